The molecule has 0 aliphatic carbocycles. The lowest BCUT2D eigenvalue weighted by atomic mass is 9.93. The molecule has 12 atom stereocenters. The summed E-state index contributed by atoms with van der Waals surface area (Å²) < 4.78 is 22.8. The van der Waals surface area contributed by atoms with E-state index in [0.29, 0.717) is 11.3 Å². The van der Waals surface area contributed by atoms with Crippen LogP contribution in [0.4, 0.5) is 0 Å². The van der Waals surface area contributed by atoms with Gasteiger partial charge in [0.25, 0.3) is 0 Å². The van der Waals surface area contributed by atoms with Crippen molar-refractivity contribution in [3.8, 4) is 5.75 Å². The molecule has 4 heterocycles. The van der Waals surface area contributed by atoms with E-state index in [1.807, 2.05) is 0 Å². The van der Waals surface area contributed by atoms with Crippen LogP contribution in [0.5, 0.6) is 5.75 Å². The Labute approximate surface area is 411 Å². The number of esters is 2. The number of aliphatic hydroxyl groups is 2. The molecule has 1 spiro atoms. The Morgan fingerprint density at radius 2 is 1.39 bits per heavy atom. The van der Waals surface area contributed by atoms with Crippen LogP contribution in [0.25, 0.3) is 0 Å². The van der Waals surface area contributed by atoms with Crippen LogP contribution >= 0.6 is 0 Å². The van der Waals surface area contributed by atoms with E-state index in [2.05, 4.69) is 37.2 Å². The maximum absolute atomic E-state index is 14.7. The molecule has 0 radical (unpaired) electrons. The lowest BCUT2D eigenvalue weighted by Gasteiger charge is -2.31. The molecule has 7 amide bonds. The molecular weight excluding hydrogens is 927 g/mol. The fourth-order valence-corrected chi connectivity index (χ4v) is 7.72. The van der Waals surface area contributed by atoms with Gasteiger partial charge in [-0.15, -0.1) is 0 Å². The number of carbonyl (C=O) groups excluding carboxylic acids is 9. The minimum Gasteiger partial charge on any atom is -0.487 e. The summed E-state index contributed by atoms with van der Waals surface area (Å²) >= 11 is 0. The Balaban J connectivity index is 1.68. The molecule has 386 valence electrons. The predicted molar refractivity (Wildman–Crippen MR) is 251 cm³/mol. The molecule has 71 heavy (non-hydrogen) atoms. The number of benzene rings is 2. The smallest absolute Gasteiger partial charge is 0.332 e. The zero-order valence-electron chi connectivity index (χ0n) is 40.9. The van der Waals surface area contributed by atoms with E-state index < -0.39 is 150 Å². The van der Waals surface area contributed by atoms with Gasteiger partial charge in [0, 0.05) is 12.5 Å². The number of amides is 7. The number of aliphatic hydroxyl groups excluding tert-OH is 2. The number of rotatable bonds is 8. The second-order valence-corrected chi connectivity index (χ2v) is 18.7. The molecule has 2 aromatic carbocycles. The Morgan fingerprint density at radius 3 is 2.00 bits per heavy atom. The summed E-state index contributed by atoms with van der Waals surface area (Å²) in [4.78, 5) is 126. The van der Waals surface area contributed by atoms with Crippen molar-refractivity contribution in [1.29, 1.82) is 0 Å². The minimum atomic E-state index is -1.94. The van der Waals surface area contributed by atoms with Gasteiger partial charge in [0.2, 0.25) is 41.4 Å². The summed E-state index contributed by atoms with van der Waals surface area (Å²) in [6, 6.07) is 4.43. The quantitative estimate of drug-likeness (QED) is 0.112. The molecule has 4 aliphatic heterocycles. The average molecular weight is 992 g/mol. The number of fused-ring (bicyclic) bond motifs is 9. The lowest BCUT2D eigenvalue weighted by molar-refractivity contribution is -0.160. The maximum atomic E-state index is 14.7. The van der Waals surface area contributed by atoms with Crippen molar-refractivity contribution in [2.75, 3.05) is 19.8 Å². The summed E-state index contributed by atoms with van der Waals surface area (Å²) in [6.45, 7) is 10.6. The van der Waals surface area contributed by atoms with Crippen LogP contribution in [-0.4, -0.2) is 143 Å². The first kappa shape index (κ1) is 55.0. The molecule has 4 aliphatic rings. The van der Waals surface area contributed by atoms with Crippen molar-refractivity contribution >= 4 is 53.3 Å². The average Bonchev–Trinajstić information content (AvgIpc) is 4.13. The van der Waals surface area contributed by atoms with Crippen LogP contribution < -0.4 is 42.0 Å². The Morgan fingerprint density at radius 1 is 0.761 bits per heavy atom. The van der Waals surface area contributed by atoms with E-state index in [4.69, 9.17) is 18.9 Å². The van der Waals surface area contributed by atoms with Crippen molar-refractivity contribution in [3.63, 3.8) is 0 Å². The van der Waals surface area contributed by atoms with Crippen molar-refractivity contribution < 1.29 is 72.3 Å². The zero-order valence-corrected chi connectivity index (χ0v) is 40.9. The molecule has 4 bridgehead atoms. The summed E-state index contributed by atoms with van der Waals surface area (Å²) in [6.07, 6.45) is -2.72. The summed E-state index contributed by atoms with van der Waals surface area (Å²) in [5, 5.41) is 39.3. The largest absolute Gasteiger partial charge is 0.487 e. The van der Waals surface area contributed by atoms with Gasteiger partial charge in [0.05, 0.1) is 24.7 Å². The molecule has 0 saturated carbocycles. The van der Waals surface area contributed by atoms with Crippen LogP contribution in [0.1, 0.15) is 72.6 Å². The van der Waals surface area contributed by atoms with Crippen molar-refractivity contribution in [2.24, 2.45) is 17.8 Å². The van der Waals surface area contributed by atoms with Gasteiger partial charge in [0.15, 0.2) is 6.04 Å². The molecule has 2 aromatic rings. The maximum Gasteiger partial charge on any atom is 0.332 e. The fourth-order valence-electron chi connectivity index (χ4n) is 7.72. The van der Waals surface area contributed by atoms with Gasteiger partial charge in [-0.3, -0.25) is 38.4 Å². The summed E-state index contributed by atoms with van der Waals surface area (Å²) in [7, 11) is 0. The first-order valence-corrected chi connectivity index (χ1v) is 23.5. The molecule has 2 fully saturated rings. The number of carbonyl (C=O) groups is 9. The highest BCUT2D eigenvalue weighted by atomic mass is 16.6. The number of nitrogens with one attached hydrogen (secondary N) is 7. The third-order valence-corrected chi connectivity index (χ3v) is 12.4. The third-order valence-electron chi connectivity index (χ3n) is 12.4. The zero-order chi connectivity index (χ0) is 52.3. The van der Waals surface area contributed by atoms with Gasteiger partial charge in [-0.05, 0) is 61.9 Å². The molecular formula is C49H65N7O15. The first-order valence-electron chi connectivity index (χ1n) is 23.5. The van der Waals surface area contributed by atoms with Gasteiger partial charge in [-0.25, -0.2) is 4.79 Å². The topological polar surface area (TPSA) is 319 Å². The molecule has 0 unspecified atom stereocenters. The first-order chi connectivity index (χ1) is 33.5. The minimum absolute atomic E-state index is 0.167. The molecule has 22 heteroatoms. The van der Waals surface area contributed by atoms with Gasteiger partial charge in [-0.1, -0.05) is 77.1 Å². The van der Waals surface area contributed by atoms with Crippen LogP contribution in [-0.2, 0) is 63.8 Å². The lowest BCUT2D eigenvalue weighted by Crippen LogP contribution is -2.61. The predicted octanol–water partition coefficient (Wildman–Crippen LogP) is -1.09. The van der Waals surface area contributed by atoms with Crippen LogP contribution in [0.2, 0.25) is 0 Å². The van der Waals surface area contributed by atoms with E-state index in [1.165, 1.54) is 51.1 Å². The highest BCUT2D eigenvalue weighted by molar-refractivity contribution is 5.98. The monoisotopic (exact) mass is 991 g/mol. The summed E-state index contributed by atoms with van der Waals surface area (Å²) in [5.41, 5.74) is -0.290. The van der Waals surface area contributed by atoms with E-state index >= 15 is 0 Å². The van der Waals surface area contributed by atoms with Crippen molar-refractivity contribution in [3.05, 3.63) is 77.9 Å². The Hall–Kier alpha value is -6.91. The van der Waals surface area contributed by atoms with Crippen molar-refractivity contribution in [2.45, 2.75) is 128 Å². The van der Waals surface area contributed by atoms with Crippen LogP contribution in [0.15, 0.2) is 66.7 Å². The van der Waals surface area contributed by atoms with Gasteiger partial charge in [0.1, 0.15) is 66.9 Å². The number of hydrogen-bond donors (Lipinski definition) is 9. The number of epoxide rings is 1. The number of cyclic esters (lactones) is 1. The fraction of sp³-hybridized carbons (Fsp3) is 0.531. The second-order valence-electron chi connectivity index (χ2n) is 18.7. The molecule has 6 rings (SSSR count). The standard InChI is InChI=1S/C49H65N7O15/c1-24(2)37-44(63)56-40-31-14-16-32(17-15-31)71-29(8)49(23-69-49)19-18-35(58)50-21-36(59)68-22-34(48(67)70-28(7)39(46(65)53-37)55-42(61)26(5)41(60)25(3)4)52-45(64)38(27(6)57)54-43(62)33(51-47(40)66)20-30-12-10-9-11-13-30/h9-19,24-29,33-34,37-41,57,60H,20-23H2,1-8H3,(H,50,58)(H,51,66)(H,52,64)(H,53,65)(H,54,62)(H,55,61)(H,56,63)/b19-18+/t26-,27-,28-,29-,33+,34+,37-,38-,39+,40+,41-,49+/m1/s1. The Bertz CT molecular complexity index is 2300. The number of ether oxygens (including phenoxy) is 4. The highest BCUT2D eigenvalue weighted by Crippen LogP contribution is 2.35. The molecule has 22 nitrogen and oxygen atoms in total. The molecule has 2 saturated heterocycles. The van der Waals surface area contributed by atoms with Crippen LogP contribution in [0.3, 0.4) is 0 Å². The van der Waals surface area contributed by atoms with Gasteiger partial charge < -0.3 is 66.4 Å². The van der Waals surface area contributed by atoms with E-state index in [-0.39, 0.29) is 18.6 Å². The normalized spacial score (nSPS) is 29.2. The SMILES string of the molecule is CC(C)[C@@H](O)[C@@H](C)C(=O)N[C@@H]1C(=O)N[C@H](C(C)C)C(=O)N[C@@H]2C(=O)N[C@@H](Cc3ccccc3)C(=O)N[C@H]([C@@H](C)O)C(=O)N[C@@H](COC(=O)CNC(=O)/C=C/[C@]3(CO3)[C@@H](C)Oc3ccc2cc3)C(=O)O[C@@H]1C. The Kier molecular flexibility index (Phi) is 18.8. The second kappa shape index (κ2) is 24.3. The molecule has 9 N–H and O–H groups in total. The van der Waals surface area contributed by atoms with Crippen LogP contribution in [0, 0.1) is 17.8 Å². The van der Waals surface area contributed by atoms with Gasteiger partial charge >= 0.3 is 11.9 Å². The van der Waals surface area contributed by atoms with E-state index in [0.717, 1.165) is 6.08 Å². The van der Waals surface area contributed by atoms with Crippen molar-refractivity contribution in [1.82, 2.24) is 37.2 Å². The summed E-state index contributed by atoms with van der Waals surface area (Å²) in [5.74, 6) is -10.9. The molecule has 0 aromatic heterocycles. The highest BCUT2D eigenvalue weighted by Gasteiger charge is 2.49. The number of hydrogen-bond acceptors (Lipinski definition) is 15. The van der Waals surface area contributed by atoms with E-state index in [9.17, 15) is 53.4 Å². The third kappa shape index (κ3) is 14.8. The van der Waals surface area contributed by atoms with Gasteiger partial charge in [-0.2, -0.15) is 0 Å². The van der Waals surface area contributed by atoms with E-state index in [1.54, 1.807) is 65.0 Å².